The first kappa shape index (κ1) is 14.7. The van der Waals surface area contributed by atoms with E-state index >= 15 is 0 Å². The van der Waals surface area contributed by atoms with Crippen molar-refractivity contribution in [1.82, 2.24) is 9.80 Å². The molecule has 0 saturated heterocycles. The molecule has 0 spiro atoms. The zero-order chi connectivity index (χ0) is 13.4. The van der Waals surface area contributed by atoms with E-state index in [-0.39, 0.29) is 5.91 Å². The molecule has 0 heterocycles. The molecule has 1 rings (SSSR count). The van der Waals surface area contributed by atoms with E-state index in [0.29, 0.717) is 13.2 Å². The Labute approximate surface area is 109 Å². The summed E-state index contributed by atoms with van der Waals surface area (Å²) < 4.78 is 5.09. The summed E-state index contributed by atoms with van der Waals surface area (Å²) in [4.78, 5) is 15.5. The van der Waals surface area contributed by atoms with Crippen LogP contribution < -0.4 is 0 Å². The number of likely N-dealkylation sites (N-methyl/N-ethyl adjacent to an activating group) is 1. The Kier molecular flexibility index (Phi) is 6.39. The molecule has 1 amide bonds. The summed E-state index contributed by atoms with van der Waals surface area (Å²) in [6.07, 6.45) is 0. The smallest absolute Gasteiger partial charge is 0.236 e. The largest absolute Gasteiger partial charge is 0.383 e. The first-order chi connectivity index (χ1) is 8.63. The molecular formula is C14H22N2O2. The Morgan fingerprint density at radius 1 is 1.22 bits per heavy atom. The van der Waals surface area contributed by atoms with Crippen molar-refractivity contribution in [2.24, 2.45) is 0 Å². The molecule has 1 aromatic rings. The molecule has 1 aromatic carbocycles. The fourth-order valence-electron chi connectivity index (χ4n) is 1.61. The van der Waals surface area contributed by atoms with Gasteiger partial charge in [0.15, 0.2) is 0 Å². The second-order valence-corrected chi connectivity index (χ2v) is 4.48. The van der Waals surface area contributed by atoms with E-state index in [4.69, 9.17) is 4.74 Å². The van der Waals surface area contributed by atoms with Crippen LogP contribution in [0.1, 0.15) is 5.56 Å². The zero-order valence-corrected chi connectivity index (χ0v) is 11.4. The summed E-state index contributed by atoms with van der Waals surface area (Å²) in [6.45, 7) is 2.58. The van der Waals surface area contributed by atoms with E-state index in [9.17, 15) is 4.79 Å². The van der Waals surface area contributed by atoms with Crippen LogP contribution in [0.15, 0.2) is 30.3 Å². The third-order valence-electron chi connectivity index (χ3n) is 2.72. The first-order valence-electron chi connectivity index (χ1n) is 6.09. The summed E-state index contributed by atoms with van der Waals surface area (Å²) in [7, 11) is 5.23. The van der Waals surface area contributed by atoms with Gasteiger partial charge in [0.2, 0.25) is 5.91 Å². The van der Waals surface area contributed by atoms with Crippen LogP contribution in [-0.4, -0.2) is 56.6 Å². The summed E-state index contributed by atoms with van der Waals surface area (Å²) in [5.74, 6) is 0.113. The Bertz CT molecular complexity index is 352. The maximum absolute atomic E-state index is 11.8. The molecule has 4 nitrogen and oxygen atoms in total. The number of rotatable bonds is 7. The third kappa shape index (κ3) is 5.29. The lowest BCUT2D eigenvalue weighted by molar-refractivity contribution is -0.130. The number of carbonyl (C=O) groups is 1. The molecule has 0 bridgehead atoms. The summed E-state index contributed by atoms with van der Waals surface area (Å²) in [5, 5.41) is 0. The molecule has 18 heavy (non-hydrogen) atoms. The van der Waals surface area contributed by atoms with Crippen molar-refractivity contribution in [2.75, 3.05) is 40.9 Å². The molecule has 0 aliphatic heterocycles. The molecular weight excluding hydrogens is 228 g/mol. The van der Waals surface area contributed by atoms with Crippen molar-refractivity contribution in [3.05, 3.63) is 35.9 Å². The molecule has 0 aliphatic rings. The predicted molar refractivity (Wildman–Crippen MR) is 72.3 cm³/mol. The zero-order valence-electron chi connectivity index (χ0n) is 11.4. The van der Waals surface area contributed by atoms with Gasteiger partial charge in [0.05, 0.1) is 13.2 Å². The minimum Gasteiger partial charge on any atom is -0.383 e. The van der Waals surface area contributed by atoms with Gasteiger partial charge in [0, 0.05) is 34.3 Å². The number of amides is 1. The van der Waals surface area contributed by atoms with E-state index in [1.807, 2.05) is 18.2 Å². The topological polar surface area (TPSA) is 32.8 Å². The average molecular weight is 250 g/mol. The lowest BCUT2D eigenvalue weighted by atomic mass is 10.2. The van der Waals surface area contributed by atoms with E-state index in [2.05, 4.69) is 17.0 Å². The standard InChI is InChI=1S/C14H22N2O2/c1-15(2)14(17)12-16(9-10-18-3)11-13-7-5-4-6-8-13/h4-8H,9-12H2,1-3H3. The van der Waals surface area contributed by atoms with Gasteiger partial charge in [-0.3, -0.25) is 9.69 Å². The highest BCUT2D eigenvalue weighted by Gasteiger charge is 2.12. The minimum absolute atomic E-state index is 0.113. The van der Waals surface area contributed by atoms with Crippen LogP contribution in [0, 0.1) is 0 Å². The van der Waals surface area contributed by atoms with Crippen molar-refractivity contribution in [3.8, 4) is 0 Å². The Morgan fingerprint density at radius 2 is 1.89 bits per heavy atom. The van der Waals surface area contributed by atoms with Crippen molar-refractivity contribution in [1.29, 1.82) is 0 Å². The number of ether oxygens (including phenoxy) is 1. The highest BCUT2D eigenvalue weighted by Crippen LogP contribution is 2.04. The van der Waals surface area contributed by atoms with Crippen molar-refractivity contribution in [2.45, 2.75) is 6.54 Å². The van der Waals surface area contributed by atoms with Crippen LogP contribution in [0.3, 0.4) is 0 Å². The van der Waals surface area contributed by atoms with Crippen LogP contribution in [0.2, 0.25) is 0 Å². The highest BCUT2D eigenvalue weighted by molar-refractivity contribution is 5.77. The highest BCUT2D eigenvalue weighted by atomic mass is 16.5. The van der Waals surface area contributed by atoms with Gasteiger partial charge in [0.25, 0.3) is 0 Å². The van der Waals surface area contributed by atoms with Crippen LogP contribution in [-0.2, 0) is 16.1 Å². The normalized spacial score (nSPS) is 10.7. The Balaban J connectivity index is 2.57. The molecule has 0 atom stereocenters. The molecule has 0 aromatic heterocycles. The summed E-state index contributed by atoms with van der Waals surface area (Å²) in [5.41, 5.74) is 1.21. The molecule has 100 valence electrons. The molecule has 0 aliphatic carbocycles. The maximum atomic E-state index is 11.8. The van der Waals surface area contributed by atoms with Gasteiger partial charge in [-0.05, 0) is 5.56 Å². The first-order valence-corrected chi connectivity index (χ1v) is 6.09. The van der Waals surface area contributed by atoms with E-state index < -0.39 is 0 Å². The van der Waals surface area contributed by atoms with Gasteiger partial charge in [0.1, 0.15) is 0 Å². The molecule has 0 radical (unpaired) electrons. The number of hydrogen-bond donors (Lipinski definition) is 0. The molecule has 4 heteroatoms. The van der Waals surface area contributed by atoms with Crippen LogP contribution >= 0.6 is 0 Å². The van der Waals surface area contributed by atoms with E-state index in [0.717, 1.165) is 13.1 Å². The van der Waals surface area contributed by atoms with Gasteiger partial charge in [-0.25, -0.2) is 0 Å². The van der Waals surface area contributed by atoms with Crippen molar-refractivity contribution >= 4 is 5.91 Å². The van der Waals surface area contributed by atoms with Gasteiger partial charge in [-0.1, -0.05) is 30.3 Å². The fourth-order valence-corrected chi connectivity index (χ4v) is 1.61. The quantitative estimate of drug-likeness (QED) is 0.729. The second kappa shape index (κ2) is 7.84. The Hall–Kier alpha value is -1.39. The number of benzene rings is 1. The van der Waals surface area contributed by atoms with Crippen molar-refractivity contribution < 1.29 is 9.53 Å². The average Bonchev–Trinajstić information content (AvgIpc) is 2.37. The number of methoxy groups -OCH3 is 1. The molecule has 0 saturated carbocycles. The monoisotopic (exact) mass is 250 g/mol. The lowest BCUT2D eigenvalue weighted by Crippen LogP contribution is -2.37. The summed E-state index contributed by atoms with van der Waals surface area (Å²) in [6, 6.07) is 10.2. The minimum atomic E-state index is 0.113. The summed E-state index contributed by atoms with van der Waals surface area (Å²) >= 11 is 0. The Morgan fingerprint density at radius 3 is 2.44 bits per heavy atom. The van der Waals surface area contributed by atoms with Gasteiger partial charge in [-0.15, -0.1) is 0 Å². The van der Waals surface area contributed by atoms with Crippen molar-refractivity contribution in [3.63, 3.8) is 0 Å². The van der Waals surface area contributed by atoms with Crippen LogP contribution in [0.4, 0.5) is 0 Å². The SMILES string of the molecule is COCCN(CC(=O)N(C)C)Cc1ccccc1. The number of carbonyl (C=O) groups excluding carboxylic acids is 1. The maximum Gasteiger partial charge on any atom is 0.236 e. The molecule has 0 N–H and O–H groups in total. The van der Waals surface area contributed by atoms with Crippen LogP contribution in [0.25, 0.3) is 0 Å². The predicted octanol–water partition coefficient (Wildman–Crippen LogP) is 1.22. The number of hydrogen-bond acceptors (Lipinski definition) is 3. The second-order valence-electron chi connectivity index (χ2n) is 4.48. The van der Waals surface area contributed by atoms with Gasteiger partial charge >= 0.3 is 0 Å². The lowest BCUT2D eigenvalue weighted by Gasteiger charge is -2.23. The van der Waals surface area contributed by atoms with Gasteiger partial charge < -0.3 is 9.64 Å². The fraction of sp³-hybridized carbons (Fsp3) is 0.500. The number of nitrogens with zero attached hydrogens (tertiary/aromatic N) is 2. The van der Waals surface area contributed by atoms with Crippen LogP contribution in [0.5, 0.6) is 0 Å². The third-order valence-corrected chi connectivity index (χ3v) is 2.72. The van der Waals surface area contributed by atoms with Gasteiger partial charge in [-0.2, -0.15) is 0 Å². The van der Waals surface area contributed by atoms with E-state index in [1.165, 1.54) is 5.56 Å². The van der Waals surface area contributed by atoms with E-state index in [1.54, 1.807) is 26.1 Å². The molecule has 0 fully saturated rings. The molecule has 0 unspecified atom stereocenters.